The van der Waals surface area contributed by atoms with Crippen molar-refractivity contribution in [3.05, 3.63) is 60.7 Å². The van der Waals surface area contributed by atoms with Crippen molar-refractivity contribution in [2.45, 2.75) is 25.7 Å². The Bertz CT molecular complexity index is 677. The normalized spacial score (nSPS) is 19.5. The molecule has 5 nitrogen and oxygen atoms in total. The van der Waals surface area contributed by atoms with Gasteiger partial charge in [-0.2, -0.15) is 0 Å². The fraction of sp³-hybridized carbons (Fsp3) is 0.333. The fourth-order valence-electron chi connectivity index (χ4n) is 2.31. The lowest BCUT2D eigenvalue weighted by Crippen LogP contribution is -2.24. The SMILES string of the molecule is CC1(C)OC[C@H](COP(=S)(Oc2ccccc2)Oc2ccccc2)O1. The van der Waals surface area contributed by atoms with E-state index in [0.717, 1.165) is 0 Å². The lowest BCUT2D eigenvalue weighted by Gasteiger charge is -2.24. The molecule has 0 N–H and O–H groups in total. The Labute approximate surface area is 153 Å². The molecular formula is C18H21O5PS. The van der Waals surface area contributed by atoms with Crippen molar-refractivity contribution in [1.82, 2.24) is 0 Å². The highest BCUT2D eigenvalue weighted by atomic mass is 32.5. The molecule has 0 amide bonds. The number of hydrogen-bond acceptors (Lipinski definition) is 6. The van der Waals surface area contributed by atoms with Gasteiger partial charge >= 0.3 is 6.72 Å². The number of ether oxygens (including phenoxy) is 2. The monoisotopic (exact) mass is 380 g/mol. The van der Waals surface area contributed by atoms with Crippen LogP contribution in [0.2, 0.25) is 0 Å². The minimum Gasteiger partial charge on any atom is -0.416 e. The van der Waals surface area contributed by atoms with E-state index in [4.69, 9.17) is 34.9 Å². The molecule has 7 heteroatoms. The third kappa shape index (κ3) is 5.53. The molecule has 0 unspecified atom stereocenters. The standard InChI is InChI=1S/C18H21O5PS/c1-18(2)19-13-17(21-18)14-20-24(25,22-15-9-5-3-6-10-15)23-16-11-7-4-8-12-16/h3-12,17H,13-14H2,1-2H3/t17-/m1/s1. The van der Waals surface area contributed by atoms with Gasteiger partial charge in [-0.25, -0.2) is 0 Å². The summed E-state index contributed by atoms with van der Waals surface area (Å²) in [4.78, 5) is 0. The van der Waals surface area contributed by atoms with E-state index in [1.807, 2.05) is 74.5 Å². The van der Waals surface area contributed by atoms with E-state index >= 15 is 0 Å². The summed E-state index contributed by atoms with van der Waals surface area (Å²) in [6.45, 7) is 1.35. The maximum absolute atomic E-state index is 5.90. The van der Waals surface area contributed by atoms with Crippen molar-refractivity contribution in [3.8, 4) is 11.5 Å². The maximum Gasteiger partial charge on any atom is 0.435 e. The van der Waals surface area contributed by atoms with Gasteiger partial charge in [0.15, 0.2) is 5.79 Å². The predicted molar refractivity (Wildman–Crippen MR) is 99.3 cm³/mol. The van der Waals surface area contributed by atoms with E-state index in [2.05, 4.69) is 0 Å². The molecule has 1 atom stereocenters. The number of rotatable bonds is 7. The first-order valence-corrected chi connectivity index (χ1v) is 10.6. The van der Waals surface area contributed by atoms with E-state index in [9.17, 15) is 0 Å². The van der Waals surface area contributed by atoms with Crippen LogP contribution in [0.4, 0.5) is 0 Å². The smallest absolute Gasteiger partial charge is 0.416 e. The van der Waals surface area contributed by atoms with Crippen LogP contribution in [0.3, 0.4) is 0 Å². The van der Waals surface area contributed by atoms with Gasteiger partial charge in [0.25, 0.3) is 0 Å². The predicted octanol–water partition coefficient (Wildman–Crippen LogP) is 4.54. The van der Waals surface area contributed by atoms with Gasteiger partial charge in [0.05, 0.1) is 13.2 Å². The largest absolute Gasteiger partial charge is 0.435 e. The van der Waals surface area contributed by atoms with Crippen LogP contribution in [0.5, 0.6) is 11.5 Å². The lowest BCUT2D eigenvalue weighted by atomic mass is 10.3. The van der Waals surface area contributed by atoms with Gasteiger partial charge in [0.2, 0.25) is 0 Å². The average Bonchev–Trinajstić information content (AvgIpc) is 2.94. The Morgan fingerprint density at radius 2 is 1.52 bits per heavy atom. The third-order valence-electron chi connectivity index (χ3n) is 3.41. The van der Waals surface area contributed by atoms with E-state index < -0.39 is 12.5 Å². The number of hydrogen-bond donors (Lipinski definition) is 0. The van der Waals surface area contributed by atoms with Crippen molar-refractivity contribution >= 4 is 18.5 Å². The topological polar surface area (TPSA) is 46.2 Å². The molecule has 1 aliphatic heterocycles. The van der Waals surface area contributed by atoms with Crippen molar-refractivity contribution in [3.63, 3.8) is 0 Å². The summed E-state index contributed by atoms with van der Waals surface area (Å²) in [6.07, 6.45) is -0.212. The van der Waals surface area contributed by atoms with Crippen molar-refractivity contribution < 1.29 is 23.0 Å². The van der Waals surface area contributed by atoms with Gasteiger partial charge in [-0.1, -0.05) is 36.4 Å². The second-order valence-corrected chi connectivity index (χ2v) is 8.86. The molecule has 3 rings (SSSR count). The van der Waals surface area contributed by atoms with Gasteiger partial charge in [-0.05, 0) is 38.1 Å². The third-order valence-corrected chi connectivity index (χ3v) is 5.50. The van der Waals surface area contributed by atoms with Crippen molar-refractivity contribution in [1.29, 1.82) is 0 Å². The molecular weight excluding hydrogens is 359 g/mol. The van der Waals surface area contributed by atoms with Crippen LogP contribution in [0, 0.1) is 0 Å². The molecule has 1 aliphatic rings. The number of para-hydroxylation sites is 2. The minimum atomic E-state index is -3.06. The zero-order chi connectivity index (χ0) is 17.8. The van der Waals surface area contributed by atoms with Crippen LogP contribution in [-0.2, 0) is 25.8 Å². The first kappa shape index (κ1) is 18.4. The van der Waals surface area contributed by atoms with Gasteiger partial charge in [0.1, 0.15) is 17.6 Å². The molecule has 0 spiro atoms. The Morgan fingerprint density at radius 1 is 1.00 bits per heavy atom. The highest BCUT2D eigenvalue weighted by Gasteiger charge is 2.35. The molecule has 25 heavy (non-hydrogen) atoms. The first-order valence-electron chi connectivity index (χ1n) is 8.00. The molecule has 0 aromatic heterocycles. The van der Waals surface area contributed by atoms with Crippen LogP contribution in [-0.4, -0.2) is 25.1 Å². The van der Waals surface area contributed by atoms with Crippen molar-refractivity contribution in [2.75, 3.05) is 13.2 Å². The van der Waals surface area contributed by atoms with E-state index in [1.165, 1.54) is 0 Å². The second kappa shape index (κ2) is 7.85. The Morgan fingerprint density at radius 3 is 1.96 bits per heavy atom. The Balaban J connectivity index is 1.71. The van der Waals surface area contributed by atoms with Gasteiger partial charge in [0, 0.05) is 11.8 Å². The van der Waals surface area contributed by atoms with Gasteiger partial charge in [-0.15, -0.1) is 0 Å². The summed E-state index contributed by atoms with van der Waals surface area (Å²) in [7, 11) is 0. The van der Waals surface area contributed by atoms with E-state index in [-0.39, 0.29) is 12.7 Å². The molecule has 2 aromatic rings. The van der Waals surface area contributed by atoms with E-state index in [1.54, 1.807) is 0 Å². The molecule has 0 saturated carbocycles. The minimum absolute atomic E-state index is 0.212. The highest BCUT2D eigenvalue weighted by Crippen LogP contribution is 2.50. The van der Waals surface area contributed by atoms with Crippen LogP contribution in [0.15, 0.2) is 60.7 Å². The highest BCUT2D eigenvalue weighted by molar-refractivity contribution is 8.07. The zero-order valence-electron chi connectivity index (χ0n) is 14.2. The second-order valence-electron chi connectivity index (χ2n) is 6.00. The average molecular weight is 380 g/mol. The molecule has 1 saturated heterocycles. The lowest BCUT2D eigenvalue weighted by molar-refractivity contribution is -0.141. The summed E-state index contributed by atoms with van der Waals surface area (Å²) in [5.41, 5.74) is 0. The Kier molecular flexibility index (Phi) is 5.77. The molecule has 134 valence electrons. The molecule has 1 heterocycles. The quantitative estimate of drug-likeness (QED) is 0.658. The maximum atomic E-state index is 5.90. The number of benzene rings is 2. The van der Waals surface area contributed by atoms with Crippen LogP contribution < -0.4 is 9.05 Å². The van der Waals surface area contributed by atoms with Crippen LogP contribution in [0.1, 0.15) is 13.8 Å². The fourth-order valence-corrected chi connectivity index (χ4v) is 4.26. The molecule has 1 fully saturated rings. The first-order chi connectivity index (χ1) is 11.9. The molecule has 0 radical (unpaired) electrons. The Hall–Kier alpha value is -1.43. The van der Waals surface area contributed by atoms with E-state index in [0.29, 0.717) is 18.1 Å². The zero-order valence-corrected chi connectivity index (χ0v) is 15.9. The summed E-state index contributed by atoms with van der Waals surface area (Å²) >= 11 is 5.61. The van der Waals surface area contributed by atoms with Crippen molar-refractivity contribution in [2.24, 2.45) is 0 Å². The molecule has 0 aliphatic carbocycles. The summed E-state index contributed by atoms with van der Waals surface area (Å²) in [5, 5.41) is 0. The summed E-state index contributed by atoms with van der Waals surface area (Å²) in [6, 6.07) is 18.5. The summed E-state index contributed by atoms with van der Waals surface area (Å²) in [5.74, 6) is 0.591. The van der Waals surface area contributed by atoms with Gasteiger partial charge in [-0.3, -0.25) is 4.52 Å². The molecule has 2 aromatic carbocycles. The summed E-state index contributed by atoms with van der Waals surface area (Å²) < 4.78 is 29.0. The van der Waals surface area contributed by atoms with Crippen LogP contribution >= 0.6 is 6.72 Å². The van der Waals surface area contributed by atoms with Crippen LogP contribution in [0.25, 0.3) is 0 Å². The van der Waals surface area contributed by atoms with Gasteiger partial charge < -0.3 is 18.5 Å². The molecule has 0 bridgehead atoms.